The van der Waals surface area contributed by atoms with Gasteiger partial charge in [0.25, 0.3) is 0 Å². The molecule has 3 aromatic carbocycles. The largest absolute Gasteiger partial charge is 0.355 e. The average Bonchev–Trinajstić information content (AvgIpc) is 2.61. The van der Waals surface area contributed by atoms with E-state index in [1.165, 1.54) is 33.6 Å². The summed E-state index contributed by atoms with van der Waals surface area (Å²) in [6.07, 6.45) is 1.88. The Balaban J connectivity index is 1.93. The molecule has 3 aromatic rings. The summed E-state index contributed by atoms with van der Waals surface area (Å²) >= 11 is 0. The van der Waals surface area contributed by atoms with Gasteiger partial charge in [-0.05, 0) is 39.9 Å². The van der Waals surface area contributed by atoms with Crippen molar-refractivity contribution in [3.63, 3.8) is 0 Å². The van der Waals surface area contributed by atoms with Crippen molar-refractivity contribution in [1.29, 1.82) is 0 Å². The molecule has 1 nitrogen and oxygen atoms in total. The second-order valence-electron chi connectivity index (χ2n) is 6.85. The minimum Gasteiger partial charge on any atom is -0.355 e. The molecular weight excluding hydrogens is 290 g/mol. The first kappa shape index (κ1) is 14.8. The molecule has 0 spiro atoms. The van der Waals surface area contributed by atoms with Crippen LogP contribution in [0.2, 0.25) is 0 Å². The van der Waals surface area contributed by atoms with Gasteiger partial charge in [-0.1, -0.05) is 81.1 Å². The van der Waals surface area contributed by atoms with Gasteiger partial charge in [-0.15, -0.1) is 0 Å². The van der Waals surface area contributed by atoms with Crippen LogP contribution in [0.1, 0.15) is 30.5 Å². The van der Waals surface area contributed by atoms with E-state index in [9.17, 15) is 0 Å². The molecule has 0 saturated carbocycles. The number of rotatable bonds is 2. The van der Waals surface area contributed by atoms with E-state index in [4.69, 9.17) is 0 Å². The van der Waals surface area contributed by atoms with Crippen LogP contribution in [-0.4, -0.2) is 0 Å². The van der Waals surface area contributed by atoms with Crippen molar-refractivity contribution in [3.05, 3.63) is 90.0 Å². The SMILES string of the molecule is C=Cc1ccc(-c2cccc3c2C(C)(C)c2ccccc2N3)cc1. The Hall–Kier alpha value is -2.80. The second-order valence-corrected chi connectivity index (χ2v) is 6.85. The molecule has 0 saturated heterocycles. The monoisotopic (exact) mass is 311 g/mol. The molecule has 0 atom stereocenters. The highest BCUT2D eigenvalue weighted by Gasteiger charge is 2.34. The summed E-state index contributed by atoms with van der Waals surface area (Å²) in [6.45, 7) is 8.47. The Kier molecular flexibility index (Phi) is 3.31. The van der Waals surface area contributed by atoms with E-state index < -0.39 is 0 Å². The molecule has 0 fully saturated rings. The van der Waals surface area contributed by atoms with Crippen LogP contribution in [0.4, 0.5) is 11.4 Å². The van der Waals surface area contributed by atoms with E-state index in [2.05, 4.69) is 92.5 Å². The number of para-hydroxylation sites is 1. The van der Waals surface area contributed by atoms with E-state index in [0.717, 1.165) is 5.56 Å². The van der Waals surface area contributed by atoms with Gasteiger partial charge in [0.2, 0.25) is 0 Å². The summed E-state index contributed by atoms with van der Waals surface area (Å²) in [5.74, 6) is 0. The second kappa shape index (κ2) is 5.38. The molecule has 1 aliphatic rings. The molecule has 24 heavy (non-hydrogen) atoms. The third-order valence-electron chi connectivity index (χ3n) is 5.02. The van der Waals surface area contributed by atoms with Crippen LogP contribution in [0.3, 0.4) is 0 Å². The van der Waals surface area contributed by atoms with Gasteiger partial charge in [0.15, 0.2) is 0 Å². The maximum Gasteiger partial charge on any atom is 0.0432 e. The van der Waals surface area contributed by atoms with Crippen LogP contribution in [0.25, 0.3) is 17.2 Å². The lowest BCUT2D eigenvalue weighted by Crippen LogP contribution is -2.26. The number of hydrogen-bond acceptors (Lipinski definition) is 1. The highest BCUT2D eigenvalue weighted by Crippen LogP contribution is 2.48. The lowest BCUT2D eigenvalue weighted by molar-refractivity contribution is 0.640. The first-order chi connectivity index (χ1) is 11.6. The highest BCUT2D eigenvalue weighted by atomic mass is 14.9. The van der Waals surface area contributed by atoms with E-state index in [1.54, 1.807) is 0 Å². The summed E-state index contributed by atoms with van der Waals surface area (Å²) in [5.41, 5.74) is 8.72. The quantitative estimate of drug-likeness (QED) is 0.579. The molecule has 1 heteroatoms. The highest BCUT2D eigenvalue weighted by molar-refractivity contribution is 5.84. The van der Waals surface area contributed by atoms with Crippen molar-refractivity contribution in [2.24, 2.45) is 0 Å². The van der Waals surface area contributed by atoms with Crippen LogP contribution >= 0.6 is 0 Å². The van der Waals surface area contributed by atoms with Crippen LogP contribution in [-0.2, 0) is 5.41 Å². The Morgan fingerprint density at radius 2 is 1.54 bits per heavy atom. The third kappa shape index (κ3) is 2.16. The number of benzene rings is 3. The van der Waals surface area contributed by atoms with Crippen LogP contribution in [0, 0.1) is 0 Å². The maximum atomic E-state index is 3.84. The van der Waals surface area contributed by atoms with Gasteiger partial charge in [-0.3, -0.25) is 0 Å². The van der Waals surface area contributed by atoms with Gasteiger partial charge in [0.05, 0.1) is 0 Å². The average molecular weight is 311 g/mol. The number of hydrogen-bond donors (Lipinski definition) is 1. The van der Waals surface area contributed by atoms with Crippen molar-refractivity contribution < 1.29 is 0 Å². The minimum absolute atomic E-state index is 0.0507. The predicted octanol–water partition coefficient (Wildman–Crippen LogP) is 6.38. The van der Waals surface area contributed by atoms with Gasteiger partial charge >= 0.3 is 0 Å². The molecular formula is C23H21N. The van der Waals surface area contributed by atoms with Crippen molar-refractivity contribution >= 4 is 17.5 Å². The zero-order valence-corrected chi connectivity index (χ0v) is 14.1. The van der Waals surface area contributed by atoms with Crippen LogP contribution in [0.15, 0.2) is 73.3 Å². The summed E-state index contributed by atoms with van der Waals surface area (Å²) in [7, 11) is 0. The van der Waals surface area contributed by atoms with E-state index in [1.807, 2.05) is 6.08 Å². The van der Waals surface area contributed by atoms with Crippen molar-refractivity contribution in [1.82, 2.24) is 0 Å². The first-order valence-corrected chi connectivity index (χ1v) is 8.34. The number of fused-ring (bicyclic) bond motifs is 2. The zero-order valence-electron chi connectivity index (χ0n) is 14.1. The third-order valence-corrected chi connectivity index (χ3v) is 5.02. The molecule has 0 amide bonds. The Bertz CT molecular complexity index is 917. The van der Waals surface area contributed by atoms with Crippen LogP contribution < -0.4 is 5.32 Å². The van der Waals surface area contributed by atoms with Crippen molar-refractivity contribution in [2.75, 3.05) is 5.32 Å². The molecule has 4 rings (SSSR count). The lowest BCUT2D eigenvalue weighted by atomic mass is 9.71. The number of anilines is 2. The number of nitrogens with one attached hydrogen (secondary N) is 1. The Labute approximate surface area is 143 Å². The summed E-state index contributed by atoms with van der Waals surface area (Å²) in [4.78, 5) is 0. The van der Waals surface area contributed by atoms with Gasteiger partial charge in [0, 0.05) is 16.8 Å². The van der Waals surface area contributed by atoms with Gasteiger partial charge < -0.3 is 5.32 Å². The van der Waals surface area contributed by atoms with Gasteiger partial charge in [0.1, 0.15) is 0 Å². The van der Waals surface area contributed by atoms with E-state index in [0.29, 0.717) is 0 Å². The molecule has 0 aliphatic carbocycles. The molecule has 0 radical (unpaired) electrons. The summed E-state index contributed by atoms with van der Waals surface area (Å²) < 4.78 is 0. The molecule has 0 aromatic heterocycles. The van der Waals surface area contributed by atoms with Gasteiger partial charge in [-0.25, -0.2) is 0 Å². The summed E-state index contributed by atoms with van der Waals surface area (Å²) in [5, 5.41) is 3.61. The topological polar surface area (TPSA) is 12.0 Å². The van der Waals surface area contributed by atoms with Gasteiger partial charge in [-0.2, -0.15) is 0 Å². The van der Waals surface area contributed by atoms with Crippen molar-refractivity contribution in [2.45, 2.75) is 19.3 Å². The normalized spacial score (nSPS) is 14.2. The lowest BCUT2D eigenvalue weighted by Gasteiger charge is -2.37. The molecule has 0 bridgehead atoms. The predicted molar refractivity (Wildman–Crippen MR) is 104 cm³/mol. The van der Waals surface area contributed by atoms with Crippen molar-refractivity contribution in [3.8, 4) is 11.1 Å². The summed E-state index contributed by atoms with van der Waals surface area (Å²) in [6, 6.07) is 23.7. The first-order valence-electron chi connectivity index (χ1n) is 8.34. The molecule has 1 heterocycles. The molecule has 118 valence electrons. The molecule has 1 N–H and O–H groups in total. The fraction of sp³-hybridized carbons (Fsp3) is 0.130. The van der Waals surface area contributed by atoms with E-state index in [-0.39, 0.29) is 5.41 Å². The molecule has 0 unspecified atom stereocenters. The fourth-order valence-corrected chi connectivity index (χ4v) is 3.79. The standard InChI is InChI=1S/C23H21N/c1-4-16-12-14-17(15-13-16)18-8-7-11-21-22(18)23(2,3)19-9-5-6-10-20(19)24-21/h4-15,24H,1H2,2-3H3. The molecule has 1 aliphatic heterocycles. The Morgan fingerprint density at radius 3 is 2.29 bits per heavy atom. The van der Waals surface area contributed by atoms with E-state index >= 15 is 0 Å². The maximum absolute atomic E-state index is 3.84. The minimum atomic E-state index is -0.0507. The smallest absolute Gasteiger partial charge is 0.0432 e. The zero-order chi connectivity index (χ0) is 16.7. The van der Waals surface area contributed by atoms with Crippen LogP contribution in [0.5, 0.6) is 0 Å². The fourth-order valence-electron chi connectivity index (χ4n) is 3.79. The Morgan fingerprint density at radius 1 is 0.833 bits per heavy atom.